The Morgan fingerprint density at radius 1 is 1.29 bits per heavy atom. The van der Waals surface area contributed by atoms with Crippen LogP contribution in [0.25, 0.3) is 0 Å². The molecule has 1 saturated heterocycles. The van der Waals surface area contributed by atoms with Crippen molar-refractivity contribution >= 4 is 12.0 Å². The molecule has 1 aliphatic heterocycles. The van der Waals surface area contributed by atoms with Crippen LogP contribution < -0.4 is 5.32 Å². The first-order valence-electron chi connectivity index (χ1n) is 7.58. The largest absolute Gasteiger partial charge is 0.481 e. The van der Waals surface area contributed by atoms with Crippen molar-refractivity contribution in [2.24, 2.45) is 5.41 Å². The Morgan fingerprint density at radius 3 is 2.19 bits per heavy atom. The number of aliphatic carboxylic acids is 1. The molecule has 6 heteroatoms. The molecule has 0 aromatic carbocycles. The predicted octanol–water partition coefficient (Wildman–Crippen LogP) is 1.61. The lowest BCUT2D eigenvalue weighted by atomic mass is 9.76. The van der Waals surface area contributed by atoms with Gasteiger partial charge in [0.25, 0.3) is 0 Å². The van der Waals surface area contributed by atoms with Gasteiger partial charge in [-0.3, -0.25) is 4.79 Å². The fourth-order valence-corrected chi connectivity index (χ4v) is 2.42. The maximum atomic E-state index is 12.2. The van der Waals surface area contributed by atoms with E-state index >= 15 is 0 Å². The van der Waals surface area contributed by atoms with Gasteiger partial charge in [-0.2, -0.15) is 0 Å². The van der Waals surface area contributed by atoms with E-state index in [9.17, 15) is 14.7 Å². The van der Waals surface area contributed by atoms with Gasteiger partial charge in [0.15, 0.2) is 0 Å². The van der Waals surface area contributed by atoms with Crippen LogP contribution in [0.1, 0.15) is 40.0 Å². The summed E-state index contributed by atoms with van der Waals surface area (Å²) >= 11 is 0. The topological polar surface area (TPSA) is 72.9 Å². The SMILES string of the molecule is CCC1(C(=O)O)CCN(C(=O)NCC(C)(C)N(C)C)CC1. The average molecular weight is 299 g/mol. The molecular formula is C15H29N3O3. The van der Waals surface area contributed by atoms with Crippen LogP contribution in [0.15, 0.2) is 0 Å². The number of rotatable bonds is 5. The van der Waals surface area contributed by atoms with Gasteiger partial charge in [-0.25, -0.2) is 4.79 Å². The van der Waals surface area contributed by atoms with Crippen LogP contribution in [0.5, 0.6) is 0 Å². The zero-order chi connectivity index (χ0) is 16.3. The Balaban J connectivity index is 2.51. The number of amides is 2. The van der Waals surface area contributed by atoms with Crippen LogP contribution in [-0.2, 0) is 4.79 Å². The highest BCUT2D eigenvalue weighted by atomic mass is 16.4. The van der Waals surface area contributed by atoms with E-state index in [-0.39, 0.29) is 11.6 Å². The van der Waals surface area contributed by atoms with E-state index < -0.39 is 11.4 Å². The number of likely N-dealkylation sites (tertiary alicyclic amines) is 1. The van der Waals surface area contributed by atoms with Crippen LogP contribution >= 0.6 is 0 Å². The number of urea groups is 1. The van der Waals surface area contributed by atoms with Crippen molar-refractivity contribution in [1.29, 1.82) is 0 Å². The van der Waals surface area contributed by atoms with Gasteiger partial charge >= 0.3 is 12.0 Å². The van der Waals surface area contributed by atoms with Crippen LogP contribution in [0.2, 0.25) is 0 Å². The van der Waals surface area contributed by atoms with Crippen LogP contribution in [-0.4, -0.2) is 66.2 Å². The molecule has 0 spiro atoms. The summed E-state index contributed by atoms with van der Waals surface area (Å²) in [6, 6.07) is -0.0972. The van der Waals surface area contributed by atoms with Crippen molar-refractivity contribution < 1.29 is 14.7 Å². The molecule has 0 radical (unpaired) electrons. The van der Waals surface area contributed by atoms with Crippen molar-refractivity contribution in [2.75, 3.05) is 33.7 Å². The zero-order valence-electron chi connectivity index (χ0n) is 13.9. The number of nitrogens with zero attached hydrogens (tertiary/aromatic N) is 2. The summed E-state index contributed by atoms with van der Waals surface area (Å²) < 4.78 is 0. The molecule has 1 rings (SSSR count). The van der Waals surface area contributed by atoms with Gasteiger partial charge in [0, 0.05) is 25.2 Å². The summed E-state index contributed by atoms with van der Waals surface area (Å²) in [6.07, 6.45) is 1.68. The van der Waals surface area contributed by atoms with E-state index in [2.05, 4.69) is 24.1 Å². The summed E-state index contributed by atoms with van der Waals surface area (Å²) in [4.78, 5) is 27.4. The maximum absolute atomic E-state index is 12.2. The normalized spacial score (nSPS) is 18.7. The molecule has 1 fully saturated rings. The number of hydrogen-bond donors (Lipinski definition) is 2. The molecule has 1 heterocycles. The summed E-state index contributed by atoms with van der Waals surface area (Å²) in [5, 5.41) is 12.3. The van der Waals surface area contributed by atoms with Crippen LogP contribution in [0, 0.1) is 5.41 Å². The average Bonchev–Trinajstić information content (AvgIpc) is 2.44. The highest BCUT2D eigenvalue weighted by molar-refractivity contribution is 5.77. The Morgan fingerprint density at radius 2 is 1.81 bits per heavy atom. The van der Waals surface area contributed by atoms with E-state index in [1.54, 1.807) is 4.90 Å². The number of piperidine rings is 1. The van der Waals surface area contributed by atoms with Crippen LogP contribution in [0.3, 0.4) is 0 Å². The lowest BCUT2D eigenvalue weighted by molar-refractivity contribution is -0.151. The van der Waals surface area contributed by atoms with Gasteiger partial charge in [-0.15, -0.1) is 0 Å². The second-order valence-corrected chi connectivity index (χ2v) is 6.79. The highest BCUT2D eigenvalue weighted by Gasteiger charge is 2.40. The minimum atomic E-state index is -0.737. The van der Waals surface area contributed by atoms with Crippen molar-refractivity contribution in [2.45, 2.75) is 45.6 Å². The lowest BCUT2D eigenvalue weighted by Gasteiger charge is -2.39. The second-order valence-electron chi connectivity index (χ2n) is 6.79. The van der Waals surface area contributed by atoms with Gasteiger partial charge in [0.05, 0.1) is 5.41 Å². The molecule has 1 aliphatic rings. The minimum absolute atomic E-state index is 0.0972. The summed E-state index contributed by atoms with van der Waals surface area (Å²) in [5.41, 5.74) is -0.765. The quantitative estimate of drug-likeness (QED) is 0.809. The molecular weight excluding hydrogens is 270 g/mol. The number of carbonyl (C=O) groups is 2. The van der Waals surface area contributed by atoms with E-state index in [1.165, 1.54) is 0 Å². The first-order valence-corrected chi connectivity index (χ1v) is 7.58. The summed E-state index contributed by atoms with van der Waals surface area (Å²) in [6.45, 7) is 7.62. The Bertz CT molecular complexity index is 386. The molecule has 0 aromatic heterocycles. The highest BCUT2D eigenvalue weighted by Crippen LogP contribution is 2.35. The van der Waals surface area contributed by atoms with Gasteiger partial charge in [0.2, 0.25) is 0 Å². The number of carboxylic acid groups (broad SMARTS) is 1. The van der Waals surface area contributed by atoms with E-state index in [0.717, 1.165) is 0 Å². The first kappa shape index (κ1) is 17.8. The second kappa shape index (κ2) is 6.64. The molecule has 2 N–H and O–H groups in total. The Kier molecular flexibility index (Phi) is 5.61. The monoisotopic (exact) mass is 299 g/mol. The summed E-state index contributed by atoms with van der Waals surface area (Å²) in [5.74, 6) is -0.737. The third kappa shape index (κ3) is 4.09. The van der Waals surface area contributed by atoms with Gasteiger partial charge in [0.1, 0.15) is 0 Å². The van der Waals surface area contributed by atoms with Crippen molar-refractivity contribution in [3.63, 3.8) is 0 Å². The van der Waals surface area contributed by atoms with E-state index in [0.29, 0.717) is 38.9 Å². The van der Waals surface area contributed by atoms with E-state index in [4.69, 9.17) is 0 Å². The number of hydrogen-bond acceptors (Lipinski definition) is 3. The third-order valence-electron chi connectivity index (χ3n) is 5.02. The van der Waals surface area contributed by atoms with E-state index in [1.807, 2.05) is 21.0 Å². The molecule has 0 aromatic rings. The van der Waals surface area contributed by atoms with Gasteiger partial charge in [-0.05, 0) is 47.2 Å². The standard InChI is InChI=1S/C15H29N3O3/c1-6-15(12(19)20)7-9-18(10-8-15)13(21)16-11-14(2,3)17(4)5/h6-11H2,1-5H3,(H,16,21)(H,19,20). The fraction of sp³-hybridized carbons (Fsp3) is 0.867. The van der Waals surface area contributed by atoms with Gasteiger partial charge in [-0.1, -0.05) is 6.92 Å². The first-order chi connectivity index (χ1) is 9.64. The predicted molar refractivity (Wildman–Crippen MR) is 82.3 cm³/mol. The van der Waals surface area contributed by atoms with Crippen molar-refractivity contribution in [3.8, 4) is 0 Å². The Labute approximate surface area is 127 Å². The number of likely N-dealkylation sites (N-methyl/N-ethyl adjacent to an activating group) is 1. The smallest absolute Gasteiger partial charge is 0.317 e. The number of nitrogens with one attached hydrogen (secondary N) is 1. The van der Waals surface area contributed by atoms with Gasteiger partial charge < -0.3 is 20.2 Å². The Hall–Kier alpha value is -1.30. The minimum Gasteiger partial charge on any atom is -0.481 e. The molecule has 0 atom stereocenters. The molecule has 2 amide bonds. The third-order valence-corrected chi connectivity index (χ3v) is 5.02. The number of carbonyl (C=O) groups excluding carboxylic acids is 1. The van der Waals surface area contributed by atoms with Crippen molar-refractivity contribution in [3.05, 3.63) is 0 Å². The molecule has 122 valence electrons. The fourth-order valence-electron chi connectivity index (χ4n) is 2.42. The molecule has 0 aliphatic carbocycles. The summed E-state index contributed by atoms with van der Waals surface area (Å²) in [7, 11) is 3.96. The molecule has 0 saturated carbocycles. The molecule has 0 unspecified atom stereocenters. The molecule has 21 heavy (non-hydrogen) atoms. The molecule has 6 nitrogen and oxygen atoms in total. The molecule has 0 bridgehead atoms. The zero-order valence-corrected chi connectivity index (χ0v) is 13.9. The van der Waals surface area contributed by atoms with Crippen molar-refractivity contribution in [1.82, 2.24) is 15.1 Å². The number of carboxylic acids is 1. The maximum Gasteiger partial charge on any atom is 0.317 e. The van der Waals surface area contributed by atoms with Crippen LogP contribution in [0.4, 0.5) is 4.79 Å². The lowest BCUT2D eigenvalue weighted by Crippen LogP contribution is -2.53.